The highest BCUT2D eigenvalue weighted by Crippen LogP contribution is 2.16. The third-order valence-electron chi connectivity index (χ3n) is 4.45. The minimum Gasteiger partial charge on any atom is -0.497 e. The smallest absolute Gasteiger partial charge is 0.242 e. The van der Waals surface area contributed by atoms with Crippen molar-refractivity contribution in [2.24, 2.45) is 5.92 Å². The SMILES string of the molecule is COc1ccc(CN(C(=O)C(C)C)[C@@H](C)C(=O)NCc2ccccc2)cc1. The van der Waals surface area contributed by atoms with Gasteiger partial charge in [-0.2, -0.15) is 0 Å². The first-order chi connectivity index (χ1) is 12.9. The van der Waals surface area contributed by atoms with Crippen molar-refractivity contribution in [2.75, 3.05) is 7.11 Å². The van der Waals surface area contributed by atoms with Crippen LogP contribution >= 0.6 is 0 Å². The van der Waals surface area contributed by atoms with E-state index in [0.717, 1.165) is 16.9 Å². The first kappa shape index (κ1) is 20.5. The van der Waals surface area contributed by atoms with Crippen LogP contribution in [0.5, 0.6) is 5.75 Å². The number of nitrogens with zero attached hydrogens (tertiary/aromatic N) is 1. The Morgan fingerprint density at radius 2 is 1.59 bits per heavy atom. The predicted octanol–water partition coefficient (Wildman–Crippen LogP) is 3.38. The lowest BCUT2D eigenvalue weighted by Crippen LogP contribution is -2.48. The molecule has 0 saturated heterocycles. The molecule has 5 nitrogen and oxygen atoms in total. The summed E-state index contributed by atoms with van der Waals surface area (Å²) in [5.74, 6) is 0.358. The molecule has 0 heterocycles. The number of hydrogen-bond acceptors (Lipinski definition) is 3. The molecule has 0 unspecified atom stereocenters. The number of benzene rings is 2. The highest BCUT2D eigenvalue weighted by atomic mass is 16.5. The molecule has 2 aromatic carbocycles. The van der Waals surface area contributed by atoms with Crippen LogP contribution in [0, 0.1) is 5.92 Å². The number of amides is 2. The zero-order valence-electron chi connectivity index (χ0n) is 16.4. The zero-order valence-corrected chi connectivity index (χ0v) is 16.4. The lowest BCUT2D eigenvalue weighted by molar-refractivity contribution is -0.143. The molecule has 5 heteroatoms. The Bertz CT molecular complexity index is 742. The molecule has 0 aliphatic rings. The summed E-state index contributed by atoms with van der Waals surface area (Å²) in [6.07, 6.45) is 0. The molecule has 0 radical (unpaired) electrons. The highest BCUT2D eigenvalue weighted by Gasteiger charge is 2.27. The van der Waals surface area contributed by atoms with Crippen LogP contribution in [0.1, 0.15) is 31.9 Å². The van der Waals surface area contributed by atoms with Crippen LogP contribution in [-0.4, -0.2) is 29.9 Å². The summed E-state index contributed by atoms with van der Waals surface area (Å²) in [7, 11) is 1.61. The lowest BCUT2D eigenvalue weighted by atomic mass is 10.1. The topological polar surface area (TPSA) is 58.6 Å². The standard InChI is InChI=1S/C22H28N2O3/c1-16(2)22(26)24(15-19-10-12-20(27-4)13-11-19)17(3)21(25)23-14-18-8-6-5-7-9-18/h5-13,16-17H,14-15H2,1-4H3,(H,23,25)/t17-/m0/s1. The largest absolute Gasteiger partial charge is 0.497 e. The van der Waals surface area contributed by atoms with E-state index in [1.807, 2.05) is 68.4 Å². The molecule has 0 saturated carbocycles. The first-order valence-electron chi connectivity index (χ1n) is 9.17. The number of ether oxygens (including phenoxy) is 1. The molecule has 0 fully saturated rings. The molecule has 27 heavy (non-hydrogen) atoms. The number of nitrogens with one attached hydrogen (secondary N) is 1. The summed E-state index contributed by atoms with van der Waals surface area (Å²) in [6, 6.07) is 16.7. The summed E-state index contributed by atoms with van der Waals surface area (Å²) in [5, 5.41) is 2.92. The maximum atomic E-state index is 12.7. The molecule has 144 valence electrons. The van der Waals surface area contributed by atoms with E-state index in [1.54, 1.807) is 18.9 Å². The summed E-state index contributed by atoms with van der Waals surface area (Å²) in [5.41, 5.74) is 1.97. The Balaban J connectivity index is 2.09. The minimum atomic E-state index is -0.564. The van der Waals surface area contributed by atoms with Crippen molar-refractivity contribution in [1.82, 2.24) is 10.2 Å². The van der Waals surface area contributed by atoms with Gasteiger partial charge in [0.1, 0.15) is 11.8 Å². The van der Waals surface area contributed by atoms with Crippen LogP contribution in [0.15, 0.2) is 54.6 Å². The third kappa shape index (κ3) is 5.84. The Morgan fingerprint density at radius 3 is 2.15 bits per heavy atom. The molecular formula is C22H28N2O3. The second-order valence-corrected chi connectivity index (χ2v) is 6.85. The van der Waals surface area contributed by atoms with E-state index >= 15 is 0 Å². The van der Waals surface area contributed by atoms with Crippen molar-refractivity contribution < 1.29 is 14.3 Å². The molecule has 0 aromatic heterocycles. The van der Waals surface area contributed by atoms with Crippen LogP contribution in [-0.2, 0) is 22.7 Å². The fourth-order valence-electron chi connectivity index (χ4n) is 2.74. The normalized spacial score (nSPS) is 11.7. The van der Waals surface area contributed by atoms with Gasteiger partial charge in [-0.1, -0.05) is 56.3 Å². The van der Waals surface area contributed by atoms with Gasteiger partial charge in [0, 0.05) is 19.0 Å². The van der Waals surface area contributed by atoms with Crippen LogP contribution in [0.4, 0.5) is 0 Å². The number of hydrogen-bond donors (Lipinski definition) is 1. The van der Waals surface area contributed by atoms with Crippen molar-refractivity contribution in [3.05, 3.63) is 65.7 Å². The van der Waals surface area contributed by atoms with Gasteiger partial charge in [-0.05, 0) is 30.2 Å². The van der Waals surface area contributed by atoms with Gasteiger partial charge in [0.2, 0.25) is 11.8 Å². The quantitative estimate of drug-likeness (QED) is 0.777. The van der Waals surface area contributed by atoms with Crippen molar-refractivity contribution in [3.63, 3.8) is 0 Å². The van der Waals surface area contributed by atoms with Crippen LogP contribution < -0.4 is 10.1 Å². The average molecular weight is 368 g/mol. The number of rotatable bonds is 8. The second kappa shape index (κ2) is 9.76. The minimum absolute atomic E-state index is 0.0480. The highest BCUT2D eigenvalue weighted by molar-refractivity contribution is 5.88. The molecule has 1 N–H and O–H groups in total. The fourth-order valence-corrected chi connectivity index (χ4v) is 2.74. The van der Waals surface area contributed by atoms with Gasteiger partial charge in [0.05, 0.1) is 7.11 Å². The molecule has 2 aromatic rings. The van der Waals surface area contributed by atoms with Gasteiger partial charge in [-0.25, -0.2) is 0 Å². The number of carbonyl (C=O) groups excluding carboxylic acids is 2. The Hall–Kier alpha value is -2.82. The predicted molar refractivity (Wildman–Crippen MR) is 106 cm³/mol. The van der Waals surface area contributed by atoms with Gasteiger partial charge in [-0.15, -0.1) is 0 Å². The lowest BCUT2D eigenvalue weighted by Gasteiger charge is -2.30. The molecule has 1 atom stereocenters. The van der Waals surface area contributed by atoms with Crippen molar-refractivity contribution >= 4 is 11.8 Å². The number of carbonyl (C=O) groups is 2. The Kier molecular flexibility index (Phi) is 7.41. The van der Waals surface area contributed by atoms with E-state index in [2.05, 4.69) is 5.32 Å². The van der Waals surface area contributed by atoms with Crippen LogP contribution in [0.2, 0.25) is 0 Å². The van der Waals surface area contributed by atoms with Crippen LogP contribution in [0.3, 0.4) is 0 Å². The summed E-state index contributed by atoms with van der Waals surface area (Å²) in [4.78, 5) is 27.0. The molecular weight excluding hydrogens is 340 g/mol. The Labute approximate surface area is 161 Å². The summed E-state index contributed by atoms with van der Waals surface area (Å²) < 4.78 is 5.17. The average Bonchev–Trinajstić information content (AvgIpc) is 2.70. The monoisotopic (exact) mass is 368 g/mol. The zero-order chi connectivity index (χ0) is 19.8. The van der Waals surface area contributed by atoms with E-state index in [1.165, 1.54) is 0 Å². The van der Waals surface area contributed by atoms with Crippen molar-refractivity contribution in [1.29, 1.82) is 0 Å². The number of methoxy groups -OCH3 is 1. The van der Waals surface area contributed by atoms with Gasteiger partial charge in [0.15, 0.2) is 0 Å². The Morgan fingerprint density at radius 1 is 0.963 bits per heavy atom. The van der Waals surface area contributed by atoms with Crippen molar-refractivity contribution in [3.8, 4) is 5.75 Å². The van der Waals surface area contributed by atoms with E-state index in [0.29, 0.717) is 13.1 Å². The molecule has 0 spiro atoms. The maximum Gasteiger partial charge on any atom is 0.242 e. The fraction of sp³-hybridized carbons (Fsp3) is 0.364. The van der Waals surface area contributed by atoms with Gasteiger partial charge in [0.25, 0.3) is 0 Å². The van der Waals surface area contributed by atoms with Gasteiger partial charge < -0.3 is 15.0 Å². The molecule has 0 bridgehead atoms. The van der Waals surface area contributed by atoms with Crippen LogP contribution in [0.25, 0.3) is 0 Å². The van der Waals surface area contributed by atoms with Crippen molar-refractivity contribution in [2.45, 2.75) is 39.9 Å². The van der Waals surface area contributed by atoms with Gasteiger partial charge >= 0.3 is 0 Å². The summed E-state index contributed by atoms with van der Waals surface area (Å²) >= 11 is 0. The van der Waals surface area contributed by atoms with E-state index in [4.69, 9.17) is 4.74 Å². The molecule has 2 rings (SSSR count). The van der Waals surface area contributed by atoms with E-state index in [9.17, 15) is 9.59 Å². The molecule has 2 amide bonds. The molecule has 0 aliphatic carbocycles. The second-order valence-electron chi connectivity index (χ2n) is 6.85. The third-order valence-corrected chi connectivity index (χ3v) is 4.45. The van der Waals surface area contributed by atoms with E-state index in [-0.39, 0.29) is 17.7 Å². The van der Waals surface area contributed by atoms with Gasteiger partial charge in [-0.3, -0.25) is 9.59 Å². The molecule has 0 aliphatic heterocycles. The summed E-state index contributed by atoms with van der Waals surface area (Å²) in [6.45, 7) is 6.28. The van der Waals surface area contributed by atoms with E-state index < -0.39 is 6.04 Å². The maximum absolute atomic E-state index is 12.7. The first-order valence-corrected chi connectivity index (χ1v) is 9.17.